The van der Waals surface area contributed by atoms with E-state index in [9.17, 15) is 10.1 Å². The molecule has 0 aromatic rings. The minimum Gasteiger partial charge on any atom is -0.319 e. The normalized spacial score (nSPS) is 22.4. The number of allylic oxidation sites excluding steroid dienone is 1. The molecule has 0 saturated carbocycles. The Morgan fingerprint density at radius 3 is 2.71 bits per heavy atom. The van der Waals surface area contributed by atoms with Crippen LogP contribution in [0.1, 0.15) is 13.8 Å². The van der Waals surface area contributed by atoms with E-state index < -0.39 is 11.3 Å². The molecule has 88 valence electrons. The summed E-state index contributed by atoms with van der Waals surface area (Å²) in [7, 11) is 0. The Morgan fingerprint density at radius 1 is 1.59 bits per heavy atom. The van der Waals surface area contributed by atoms with Gasteiger partial charge in [0.1, 0.15) is 5.92 Å². The van der Waals surface area contributed by atoms with Crippen molar-refractivity contribution in [3.05, 3.63) is 23.3 Å². The van der Waals surface area contributed by atoms with Crippen molar-refractivity contribution < 1.29 is 4.79 Å². The monoisotopic (exact) mass is 247 g/mol. The molecule has 1 N–H and O–H groups in total. The lowest BCUT2D eigenvalue weighted by molar-refractivity contribution is -0.125. The molecule has 0 fully saturated rings. The van der Waals surface area contributed by atoms with E-state index in [0.717, 1.165) is 0 Å². The fourth-order valence-electron chi connectivity index (χ4n) is 1.68. The van der Waals surface area contributed by atoms with Gasteiger partial charge in [-0.15, -0.1) is 18.3 Å². The number of nitrogens with one attached hydrogen (secondary N) is 1. The smallest absolute Gasteiger partial charge is 0.243 e. The third kappa shape index (κ3) is 2.35. The summed E-state index contributed by atoms with van der Waals surface area (Å²) in [4.78, 5) is 11.8. The van der Waals surface area contributed by atoms with Gasteiger partial charge in [-0.3, -0.25) is 4.79 Å². The highest BCUT2D eigenvalue weighted by Crippen LogP contribution is 2.41. The molecular formula is C12H13N3OS. The number of amides is 1. The highest BCUT2D eigenvalue weighted by Gasteiger charge is 2.44. The molecule has 1 heterocycles. The third-order valence-electron chi connectivity index (χ3n) is 2.68. The van der Waals surface area contributed by atoms with Crippen LogP contribution < -0.4 is 5.32 Å². The zero-order valence-corrected chi connectivity index (χ0v) is 10.6. The Balaban J connectivity index is 3.23. The van der Waals surface area contributed by atoms with Crippen LogP contribution in [0.5, 0.6) is 0 Å². The largest absolute Gasteiger partial charge is 0.319 e. The lowest BCUT2D eigenvalue weighted by Crippen LogP contribution is -2.44. The summed E-state index contributed by atoms with van der Waals surface area (Å²) in [6.07, 6.45) is 1.70. The first kappa shape index (κ1) is 13.3. The van der Waals surface area contributed by atoms with Gasteiger partial charge in [-0.25, -0.2) is 0 Å². The molecule has 5 heteroatoms. The number of hydrogen-bond donors (Lipinski definition) is 1. The predicted molar refractivity (Wildman–Crippen MR) is 66.3 cm³/mol. The fourth-order valence-corrected chi connectivity index (χ4v) is 2.59. The predicted octanol–water partition coefficient (Wildman–Crippen LogP) is 1.94. The van der Waals surface area contributed by atoms with Crippen LogP contribution in [0.15, 0.2) is 23.3 Å². The second-order valence-electron chi connectivity index (χ2n) is 4.19. The van der Waals surface area contributed by atoms with Gasteiger partial charge in [0, 0.05) is 11.2 Å². The Morgan fingerprint density at radius 2 is 2.24 bits per heavy atom. The molecule has 4 nitrogen and oxygen atoms in total. The van der Waals surface area contributed by atoms with Gasteiger partial charge in [-0.2, -0.15) is 10.5 Å². The van der Waals surface area contributed by atoms with Crippen molar-refractivity contribution in [2.45, 2.75) is 13.8 Å². The first-order valence-corrected chi connectivity index (χ1v) is 6.06. The first-order valence-electron chi connectivity index (χ1n) is 5.08. The van der Waals surface area contributed by atoms with Crippen LogP contribution in [-0.2, 0) is 4.79 Å². The highest BCUT2D eigenvalue weighted by atomic mass is 32.2. The van der Waals surface area contributed by atoms with Crippen molar-refractivity contribution in [2.24, 2.45) is 11.3 Å². The average molecular weight is 247 g/mol. The quantitative estimate of drug-likeness (QED) is 0.773. The molecule has 1 amide bonds. The van der Waals surface area contributed by atoms with Gasteiger partial charge in [0.05, 0.1) is 22.7 Å². The van der Waals surface area contributed by atoms with E-state index in [1.54, 1.807) is 19.9 Å². The Labute approximate surface area is 105 Å². The number of nitriles is 2. The molecule has 0 aliphatic carbocycles. The lowest BCUT2D eigenvalue weighted by Gasteiger charge is -2.34. The summed E-state index contributed by atoms with van der Waals surface area (Å²) in [5, 5.41) is 21.4. The summed E-state index contributed by atoms with van der Waals surface area (Å²) in [5.74, 6) is -0.568. The van der Waals surface area contributed by atoms with Gasteiger partial charge < -0.3 is 5.32 Å². The van der Waals surface area contributed by atoms with Crippen LogP contribution in [-0.4, -0.2) is 11.7 Å². The summed E-state index contributed by atoms with van der Waals surface area (Å²) in [6.45, 7) is 7.08. The number of hydrogen-bond acceptors (Lipinski definition) is 4. The number of rotatable bonds is 3. The Hall–Kier alpha value is -1.72. The maximum absolute atomic E-state index is 11.8. The van der Waals surface area contributed by atoms with E-state index in [0.29, 0.717) is 16.4 Å². The van der Waals surface area contributed by atoms with E-state index in [1.165, 1.54) is 11.8 Å². The second-order valence-corrected chi connectivity index (χ2v) is 5.22. The van der Waals surface area contributed by atoms with E-state index in [2.05, 4.69) is 18.0 Å². The van der Waals surface area contributed by atoms with Crippen LogP contribution >= 0.6 is 11.8 Å². The molecule has 1 atom stereocenters. The Kier molecular flexibility index (Phi) is 3.98. The van der Waals surface area contributed by atoms with Crippen LogP contribution in [0.4, 0.5) is 0 Å². The molecule has 0 aromatic heterocycles. The lowest BCUT2D eigenvalue weighted by atomic mass is 9.72. The molecule has 0 saturated heterocycles. The zero-order chi connectivity index (χ0) is 13.1. The topological polar surface area (TPSA) is 76.7 Å². The highest BCUT2D eigenvalue weighted by molar-refractivity contribution is 8.03. The molecule has 1 aliphatic heterocycles. The molecule has 1 rings (SSSR count). The standard InChI is InChI=1S/C12H13N3OS/c1-4-5-17-11-9(7-14)12(2,3)8(6-13)10(16)15-11/h4,8H,1,5H2,2-3H3,(H,15,16). The molecule has 1 unspecified atom stereocenters. The van der Waals surface area contributed by atoms with Crippen molar-refractivity contribution in [1.82, 2.24) is 5.32 Å². The fraction of sp³-hybridized carbons (Fsp3) is 0.417. The van der Waals surface area contributed by atoms with E-state index in [1.807, 2.05) is 6.07 Å². The molecular weight excluding hydrogens is 234 g/mol. The summed E-state index contributed by atoms with van der Waals surface area (Å²) < 4.78 is 0. The SMILES string of the molecule is C=CCSC1=C(C#N)C(C)(C)C(C#N)C(=O)N1. The third-order valence-corrected chi connectivity index (χ3v) is 3.68. The number of carbonyl (C=O) groups is 1. The molecule has 0 spiro atoms. The summed E-state index contributed by atoms with van der Waals surface area (Å²) >= 11 is 1.35. The van der Waals surface area contributed by atoms with Crippen molar-refractivity contribution in [2.75, 3.05) is 5.75 Å². The Bertz CT molecular complexity index is 465. The van der Waals surface area contributed by atoms with Crippen LogP contribution in [0.25, 0.3) is 0 Å². The number of nitrogens with zero attached hydrogens (tertiary/aromatic N) is 2. The molecule has 0 aromatic carbocycles. The first-order chi connectivity index (χ1) is 7.98. The second kappa shape index (κ2) is 5.07. The zero-order valence-electron chi connectivity index (χ0n) is 9.78. The minimum atomic E-state index is -0.828. The van der Waals surface area contributed by atoms with Gasteiger partial charge in [-0.1, -0.05) is 19.9 Å². The van der Waals surface area contributed by atoms with Crippen LogP contribution in [0, 0.1) is 34.0 Å². The molecule has 0 radical (unpaired) electrons. The molecule has 0 bridgehead atoms. The van der Waals surface area contributed by atoms with Crippen molar-refractivity contribution in [1.29, 1.82) is 10.5 Å². The maximum atomic E-state index is 11.8. The number of thioether (sulfide) groups is 1. The van der Waals surface area contributed by atoms with Gasteiger partial charge in [0.15, 0.2) is 0 Å². The average Bonchev–Trinajstić information content (AvgIpc) is 2.25. The van der Waals surface area contributed by atoms with Gasteiger partial charge >= 0.3 is 0 Å². The van der Waals surface area contributed by atoms with Crippen molar-refractivity contribution in [3.8, 4) is 12.1 Å². The summed E-state index contributed by atoms with van der Waals surface area (Å²) in [6, 6.07) is 4.05. The minimum absolute atomic E-state index is 0.344. The maximum Gasteiger partial charge on any atom is 0.243 e. The van der Waals surface area contributed by atoms with Crippen molar-refractivity contribution in [3.63, 3.8) is 0 Å². The van der Waals surface area contributed by atoms with E-state index in [4.69, 9.17) is 5.26 Å². The number of carbonyl (C=O) groups excluding carboxylic acids is 1. The van der Waals surface area contributed by atoms with E-state index in [-0.39, 0.29) is 5.91 Å². The van der Waals surface area contributed by atoms with Gasteiger partial charge in [0.25, 0.3) is 0 Å². The van der Waals surface area contributed by atoms with Gasteiger partial charge in [-0.05, 0) is 0 Å². The van der Waals surface area contributed by atoms with Gasteiger partial charge in [0.2, 0.25) is 5.91 Å². The van der Waals surface area contributed by atoms with Crippen LogP contribution in [0.3, 0.4) is 0 Å². The van der Waals surface area contributed by atoms with Crippen LogP contribution in [0.2, 0.25) is 0 Å². The molecule has 17 heavy (non-hydrogen) atoms. The van der Waals surface area contributed by atoms with Crippen molar-refractivity contribution >= 4 is 17.7 Å². The molecule has 1 aliphatic rings. The summed E-state index contributed by atoms with van der Waals surface area (Å²) in [5.41, 5.74) is -0.300. The van der Waals surface area contributed by atoms with E-state index >= 15 is 0 Å².